The number of aromatic nitrogens is 1. The average Bonchev–Trinajstić information content (AvgIpc) is 3.27. The molecule has 0 aliphatic carbocycles. The topological polar surface area (TPSA) is 111 Å². The molecule has 2 amide bonds. The molecule has 0 radical (unpaired) electrons. The van der Waals surface area contributed by atoms with Crippen LogP contribution in [0.2, 0.25) is 0 Å². The third-order valence-electron chi connectivity index (χ3n) is 4.90. The quantitative estimate of drug-likeness (QED) is 0.412. The molecule has 4 rings (SSSR count). The second kappa shape index (κ2) is 9.17. The highest BCUT2D eigenvalue weighted by molar-refractivity contribution is 7.14. The molecule has 9 heteroatoms. The van der Waals surface area contributed by atoms with E-state index in [1.807, 2.05) is 0 Å². The number of thiophene rings is 1. The Kier molecular flexibility index (Phi) is 6.14. The Balaban J connectivity index is 1.60. The molecule has 0 aliphatic rings. The summed E-state index contributed by atoms with van der Waals surface area (Å²) < 4.78 is 18.7. The van der Waals surface area contributed by atoms with Crippen molar-refractivity contribution in [3.05, 3.63) is 83.0 Å². The molecule has 0 fully saturated rings. The Morgan fingerprint density at radius 2 is 1.79 bits per heavy atom. The number of nitrogens with two attached hydrogens (primary N) is 1. The first-order chi connectivity index (χ1) is 15.8. The molecule has 166 valence electrons. The van der Waals surface area contributed by atoms with Gasteiger partial charge in [0, 0.05) is 10.9 Å². The second-order valence-electron chi connectivity index (χ2n) is 7.14. The van der Waals surface area contributed by atoms with Gasteiger partial charge in [-0.1, -0.05) is 18.2 Å². The van der Waals surface area contributed by atoms with E-state index in [9.17, 15) is 18.8 Å². The number of halogens is 1. The predicted octanol–water partition coefficient (Wildman–Crippen LogP) is 4.39. The molecule has 0 aliphatic heterocycles. The number of hydrogen-bond acceptors (Lipinski definition) is 6. The van der Waals surface area contributed by atoms with Crippen molar-refractivity contribution in [2.24, 2.45) is 5.73 Å². The summed E-state index contributed by atoms with van der Waals surface area (Å²) in [5.41, 5.74) is 7.32. The molecule has 2 aromatic heterocycles. The predicted molar refractivity (Wildman–Crippen MR) is 123 cm³/mol. The molecule has 0 spiro atoms. The summed E-state index contributed by atoms with van der Waals surface area (Å²) in [6.45, 7) is 1.43. The second-order valence-corrected chi connectivity index (χ2v) is 8.06. The highest BCUT2D eigenvalue weighted by Crippen LogP contribution is 2.27. The summed E-state index contributed by atoms with van der Waals surface area (Å²) in [6.07, 6.45) is -1.15. The fourth-order valence-electron chi connectivity index (χ4n) is 3.20. The van der Waals surface area contributed by atoms with Crippen molar-refractivity contribution in [3.63, 3.8) is 0 Å². The minimum atomic E-state index is -1.15. The zero-order valence-electron chi connectivity index (χ0n) is 17.4. The van der Waals surface area contributed by atoms with Gasteiger partial charge in [-0.25, -0.2) is 14.2 Å². The highest BCUT2D eigenvalue weighted by atomic mass is 32.1. The molecule has 2 aromatic carbocycles. The van der Waals surface area contributed by atoms with Gasteiger partial charge in [-0.05, 0) is 54.8 Å². The SMILES string of the molecule is C[C@H](OC(=O)c1cc(-c2ccc(F)cc2)nc2ccccc12)C(=O)Nc1sccc1C(N)=O. The van der Waals surface area contributed by atoms with Crippen LogP contribution in [0.3, 0.4) is 0 Å². The Morgan fingerprint density at radius 1 is 1.06 bits per heavy atom. The standard InChI is InChI=1S/C24H18FN3O4S/c1-13(22(30)28-23-17(21(26)29)10-11-33-23)32-24(31)18-12-20(14-6-8-15(25)9-7-14)27-19-5-3-2-4-16(18)19/h2-13H,1H3,(H2,26,29)(H,28,30)/t13-/m0/s1. The lowest BCUT2D eigenvalue weighted by molar-refractivity contribution is -0.123. The molecule has 0 unspecified atom stereocenters. The Bertz CT molecular complexity index is 1370. The molecular weight excluding hydrogens is 445 g/mol. The first-order valence-electron chi connectivity index (χ1n) is 9.88. The summed E-state index contributed by atoms with van der Waals surface area (Å²) in [7, 11) is 0. The van der Waals surface area contributed by atoms with Crippen molar-refractivity contribution in [2.75, 3.05) is 5.32 Å². The number of primary amides is 1. The van der Waals surface area contributed by atoms with Crippen molar-refractivity contribution in [1.82, 2.24) is 4.98 Å². The molecule has 7 nitrogen and oxygen atoms in total. The number of amides is 2. The van der Waals surface area contributed by atoms with Gasteiger partial charge in [-0.3, -0.25) is 9.59 Å². The van der Waals surface area contributed by atoms with Gasteiger partial charge in [0.15, 0.2) is 6.10 Å². The summed E-state index contributed by atoms with van der Waals surface area (Å²) in [5, 5.41) is 5.01. The number of hydrogen-bond donors (Lipinski definition) is 2. The maximum absolute atomic E-state index is 13.3. The molecule has 1 atom stereocenters. The van der Waals surface area contributed by atoms with Gasteiger partial charge in [-0.15, -0.1) is 11.3 Å². The third-order valence-corrected chi connectivity index (χ3v) is 5.73. The van der Waals surface area contributed by atoms with Crippen molar-refractivity contribution in [3.8, 4) is 11.3 Å². The van der Waals surface area contributed by atoms with Gasteiger partial charge in [0.25, 0.3) is 11.8 Å². The van der Waals surface area contributed by atoms with E-state index < -0.39 is 23.9 Å². The van der Waals surface area contributed by atoms with Crippen LogP contribution in [0, 0.1) is 5.82 Å². The van der Waals surface area contributed by atoms with Crippen molar-refractivity contribution in [2.45, 2.75) is 13.0 Å². The summed E-state index contributed by atoms with van der Waals surface area (Å²) >= 11 is 1.13. The molecule has 0 saturated heterocycles. The van der Waals surface area contributed by atoms with Gasteiger partial charge in [0.2, 0.25) is 0 Å². The lowest BCUT2D eigenvalue weighted by atomic mass is 10.0. The zero-order chi connectivity index (χ0) is 23.5. The molecule has 0 bridgehead atoms. The molecular formula is C24H18FN3O4S. The molecule has 3 N–H and O–H groups in total. The maximum Gasteiger partial charge on any atom is 0.339 e. The number of carbonyl (C=O) groups is 3. The largest absolute Gasteiger partial charge is 0.449 e. The Labute approximate surface area is 192 Å². The number of para-hydroxylation sites is 1. The Morgan fingerprint density at radius 3 is 2.52 bits per heavy atom. The van der Waals surface area contributed by atoms with Crippen LogP contribution >= 0.6 is 11.3 Å². The Hall–Kier alpha value is -4.11. The van der Waals surface area contributed by atoms with Crippen molar-refractivity contribution < 1.29 is 23.5 Å². The first kappa shape index (κ1) is 22.1. The van der Waals surface area contributed by atoms with Crippen LogP contribution in [-0.4, -0.2) is 28.9 Å². The van der Waals surface area contributed by atoms with Gasteiger partial charge >= 0.3 is 5.97 Å². The molecule has 0 saturated carbocycles. The monoisotopic (exact) mass is 463 g/mol. The number of nitrogens with zero attached hydrogens (tertiary/aromatic N) is 1. The molecule has 33 heavy (non-hydrogen) atoms. The number of anilines is 1. The lowest BCUT2D eigenvalue weighted by Gasteiger charge is -2.15. The van der Waals surface area contributed by atoms with Crippen LogP contribution in [0.5, 0.6) is 0 Å². The number of pyridine rings is 1. The van der Waals surface area contributed by atoms with Gasteiger partial charge in [0.1, 0.15) is 10.8 Å². The van der Waals surface area contributed by atoms with Crippen LogP contribution in [0.1, 0.15) is 27.6 Å². The minimum absolute atomic E-state index is 0.177. The van der Waals surface area contributed by atoms with Crippen LogP contribution in [0.4, 0.5) is 9.39 Å². The average molecular weight is 463 g/mol. The summed E-state index contributed by atoms with van der Waals surface area (Å²) in [6, 6.07) is 15.8. The van der Waals surface area contributed by atoms with E-state index >= 15 is 0 Å². The van der Waals surface area contributed by atoms with Crippen molar-refractivity contribution >= 4 is 45.0 Å². The summed E-state index contributed by atoms with van der Waals surface area (Å²) in [4.78, 5) is 41.6. The zero-order valence-corrected chi connectivity index (χ0v) is 18.2. The van der Waals surface area contributed by atoms with E-state index in [-0.39, 0.29) is 21.9 Å². The lowest BCUT2D eigenvalue weighted by Crippen LogP contribution is -2.30. The number of fused-ring (bicyclic) bond motifs is 1. The number of nitrogens with one attached hydrogen (secondary N) is 1. The summed E-state index contributed by atoms with van der Waals surface area (Å²) in [5.74, 6) is -2.39. The van der Waals surface area contributed by atoms with E-state index in [2.05, 4.69) is 10.3 Å². The fraction of sp³-hybridized carbons (Fsp3) is 0.0833. The fourth-order valence-corrected chi connectivity index (χ4v) is 4.00. The van der Waals surface area contributed by atoms with E-state index in [0.717, 1.165) is 11.3 Å². The molecule has 4 aromatic rings. The van der Waals surface area contributed by atoms with E-state index in [1.54, 1.807) is 47.8 Å². The number of rotatable bonds is 6. The van der Waals surface area contributed by atoms with Gasteiger partial charge < -0.3 is 15.8 Å². The van der Waals surface area contributed by atoms with Crippen LogP contribution < -0.4 is 11.1 Å². The van der Waals surface area contributed by atoms with Gasteiger partial charge in [0.05, 0.1) is 22.3 Å². The van der Waals surface area contributed by atoms with E-state index in [1.165, 1.54) is 25.1 Å². The minimum Gasteiger partial charge on any atom is -0.449 e. The highest BCUT2D eigenvalue weighted by Gasteiger charge is 2.23. The van der Waals surface area contributed by atoms with Crippen LogP contribution in [0.25, 0.3) is 22.2 Å². The normalized spacial score (nSPS) is 11.7. The van der Waals surface area contributed by atoms with Crippen LogP contribution in [0.15, 0.2) is 66.0 Å². The third kappa shape index (κ3) is 4.73. The van der Waals surface area contributed by atoms with E-state index in [4.69, 9.17) is 10.5 Å². The first-order valence-corrected chi connectivity index (χ1v) is 10.8. The smallest absolute Gasteiger partial charge is 0.339 e. The number of carbonyl (C=O) groups excluding carboxylic acids is 3. The number of benzene rings is 2. The molecule has 2 heterocycles. The number of ether oxygens (including phenoxy) is 1. The van der Waals surface area contributed by atoms with Crippen LogP contribution in [-0.2, 0) is 9.53 Å². The van der Waals surface area contributed by atoms with Gasteiger partial charge in [-0.2, -0.15) is 0 Å². The maximum atomic E-state index is 13.3. The van der Waals surface area contributed by atoms with Crippen molar-refractivity contribution in [1.29, 1.82) is 0 Å². The number of esters is 1. The van der Waals surface area contributed by atoms with E-state index in [0.29, 0.717) is 22.2 Å².